The summed E-state index contributed by atoms with van der Waals surface area (Å²) in [6.07, 6.45) is -1.01. The number of aliphatic hydroxyl groups is 1. The fourth-order valence-corrected chi connectivity index (χ4v) is 3.15. The van der Waals surface area contributed by atoms with Gasteiger partial charge in [0.25, 0.3) is 5.91 Å². The summed E-state index contributed by atoms with van der Waals surface area (Å²) >= 11 is 0. The van der Waals surface area contributed by atoms with Gasteiger partial charge in [-0.2, -0.15) is 0 Å². The maximum atomic E-state index is 12.9. The van der Waals surface area contributed by atoms with Gasteiger partial charge in [0.1, 0.15) is 29.7 Å². The van der Waals surface area contributed by atoms with Crippen molar-refractivity contribution in [1.29, 1.82) is 0 Å². The lowest BCUT2D eigenvalue weighted by Crippen LogP contribution is -2.42. The van der Waals surface area contributed by atoms with Crippen LogP contribution in [0.3, 0.4) is 0 Å². The third-order valence-electron chi connectivity index (χ3n) is 4.86. The number of aryl methyl sites for hydroxylation is 1. The van der Waals surface area contributed by atoms with E-state index in [9.17, 15) is 14.7 Å². The molecule has 2 aromatic carbocycles. The number of ether oxygens (including phenoxy) is 2. The van der Waals surface area contributed by atoms with E-state index in [1.54, 1.807) is 44.4 Å². The summed E-state index contributed by atoms with van der Waals surface area (Å²) in [6.45, 7) is 3.37. The molecule has 28 heavy (non-hydrogen) atoms. The number of urea groups is 1. The molecule has 148 valence electrons. The van der Waals surface area contributed by atoms with Crippen LogP contribution in [0.5, 0.6) is 11.5 Å². The van der Waals surface area contributed by atoms with Gasteiger partial charge in [-0.3, -0.25) is 9.69 Å². The number of hydrogen-bond donors (Lipinski definition) is 2. The van der Waals surface area contributed by atoms with Crippen LogP contribution in [-0.2, 0) is 10.3 Å². The van der Waals surface area contributed by atoms with E-state index in [4.69, 9.17) is 9.47 Å². The quantitative estimate of drug-likeness (QED) is 0.715. The van der Waals surface area contributed by atoms with Crippen molar-refractivity contribution in [2.75, 3.05) is 20.3 Å². The Hall–Kier alpha value is -3.06. The molecule has 0 unspecified atom stereocenters. The number of nitrogens with zero attached hydrogens (tertiary/aromatic N) is 1. The first-order valence-corrected chi connectivity index (χ1v) is 9.00. The average molecular weight is 384 g/mol. The number of carbonyl (C=O) groups is 2. The fourth-order valence-electron chi connectivity index (χ4n) is 3.15. The molecule has 1 heterocycles. The van der Waals surface area contributed by atoms with Gasteiger partial charge < -0.3 is 19.9 Å². The van der Waals surface area contributed by atoms with E-state index in [2.05, 4.69) is 5.32 Å². The molecule has 2 atom stereocenters. The number of rotatable bonds is 7. The van der Waals surface area contributed by atoms with E-state index in [0.717, 1.165) is 10.5 Å². The molecular formula is C21H24N2O5. The van der Waals surface area contributed by atoms with Crippen molar-refractivity contribution in [2.24, 2.45) is 0 Å². The van der Waals surface area contributed by atoms with Crippen LogP contribution >= 0.6 is 0 Å². The normalized spacial score (nSPS) is 20.1. The second-order valence-corrected chi connectivity index (χ2v) is 6.93. The van der Waals surface area contributed by atoms with Crippen molar-refractivity contribution < 1.29 is 24.2 Å². The van der Waals surface area contributed by atoms with Gasteiger partial charge in [0.2, 0.25) is 0 Å². The number of benzene rings is 2. The van der Waals surface area contributed by atoms with E-state index in [1.165, 1.54) is 0 Å². The number of amides is 3. The number of aliphatic hydroxyl groups excluding tert-OH is 1. The Morgan fingerprint density at radius 2 is 1.82 bits per heavy atom. The van der Waals surface area contributed by atoms with Gasteiger partial charge in [0.05, 0.1) is 13.7 Å². The molecule has 1 saturated heterocycles. The Morgan fingerprint density at radius 1 is 1.14 bits per heavy atom. The first-order chi connectivity index (χ1) is 13.3. The lowest BCUT2D eigenvalue weighted by atomic mass is 9.92. The van der Waals surface area contributed by atoms with Gasteiger partial charge in [-0.15, -0.1) is 0 Å². The van der Waals surface area contributed by atoms with Crippen LogP contribution in [0.1, 0.15) is 18.1 Å². The van der Waals surface area contributed by atoms with Crippen LogP contribution in [-0.4, -0.2) is 48.3 Å². The number of carbonyl (C=O) groups excluding carboxylic acids is 2. The summed E-state index contributed by atoms with van der Waals surface area (Å²) in [5.41, 5.74) is 0.386. The first-order valence-electron chi connectivity index (χ1n) is 9.00. The fraction of sp³-hybridized carbons (Fsp3) is 0.333. The van der Waals surface area contributed by atoms with Crippen molar-refractivity contribution in [2.45, 2.75) is 25.5 Å². The third kappa shape index (κ3) is 3.80. The van der Waals surface area contributed by atoms with Gasteiger partial charge in [0, 0.05) is 0 Å². The van der Waals surface area contributed by atoms with E-state index in [1.807, 2.05) is 25.1 Å². The van der Waals surface area contributed by atoms with Crippen LogP contribution < -0.4 is 14.8 Å². The molecule has 0 saturated carbocycles. The monoisotopic (exact) mass is 384 g/mol. The van der Waals surface area contributed by atoms with E-state index in [0.29, 0.717) is 17.1 Å². The molecule has 2 N–H and O–H groups in total. The Kier molecular flexibility index (Phi) is 5.56. The molecular weight excluding hydrogens is 360 g/mol. The number of nitrogens with one attached hydrogen (secondary N) is 1. The second-order valence-electron chi connectivity index (χ2n) is 6.93. The highest BCUT2D eigenvalue weighted by Gasteiger charge is 2.49. The molecule has 2 aromatic rings. The standard InChI is InChI=1S/C21H24N2O5/c1-14-6-4-5-7-18(14)28-13-16(24)12-23-19(25)21(2,22-20(23)26)15-8-10-17(27-3)11-9-15/h4-11,16,24H,12-13H2,1-3H3,(H,22,26)/t16-,21+/m1/s1. The van der Waals surface area contributed by atoms with Gasteiger partial charge in [0.15, 0.2) is 0 Å². The summed E-state index contributed by atoms with van der Waals surface area (Å²) in [6, 6.07) is 13.8. The molecule has 0 spiro atoms. The molecule has 1 aliphatic rings. The third-order valence-corrected chi connectivity index (χ3v) is 4.86. The maximum absolute atomic E-state index is 12.9. The molecule has 1 fully saturated rings. The van der Waals surface area contributed by atoms with E-state index in [-0.39, 0.29) is 13.2 Å². The lowest BCUT2D eigenvalue weighted by Gasteiger charge is -2.23. The Morgan fingerprint density at radius 3 is 2.46 bits per heavy atom. The molecule has 0 radical (unpaired) electrons. The van der Waals surface area contributed by atoms with Gasteiger partial charge in [-0.25, -0.2) is 4.79 Å². The predicted octanol–water partition coefficient (Wildman–Crippen LogP) is 2.21. The smallest absolute Gasteiger partial charge is 0.325 e. The second kappa shape index (κ2) is 7.90. The summed E-state index contributed by atoms with van der Waals surface area (Å²) in [5, 5.41) is 13.0. The Labute approximate surface area is 163 Å². The topological polar surface area (TPSA) is 88.1 Å². The molecule has 7 nitrogen and oxygen atoms in total. The molecule has 3 rings (SSSR count). The minimum Gasteiger partial charge on any atom is -0.497 e. The minimum absolute atomic E-state index is 0.0266. The van der Waals surface area contributed by atoms with Gasteiger partial charge in [-0.05, 0) is 43.2 Å². The molecule has 0 bridgehead atoms. The number of hydrogen-bond acceptors (Lipinski definition) is 5. The highest BCUT2D eigenvalue weighted by atomic mass is 16.5. The highest BCUT2D eigenvalue weighted by molar-refractivity contribution is 6.07. The zero-order chi connectivity index (χ0) is 20.3. The Balaban J connectivity index is 1.66. The van der Waals surface area contributed by atoms with E-state index < -0.39 is 23.6 Å². The molecule has 7 heteroatoms. The van der Waals surface area contributed by atoms with Crippen LogP contribution in [0, 0.1) is 6.92 Å². The van der Waals surface area contributed by atoms with Crippen molar-refractivity contribution in [3.8, 4) is 11.5 Å². The van der Waals surface area contributed by atoms with Crippen LogP contribution in [0.2, 0.25) is 0 Å². The SMILES string of the molecule is COc1ccc([C@]2(C)NC(=O)N(C[C@@H](O)COc3ccccc3C)C2=O)cc1. The van der Waals surface area contributed by atoms with Crippen molar-refractivity contribution in [3.05, 3.63) is 59.7 Å². The molecule has 0 aromatic heterocycles. The predicted molar refractivity (Wildman–Crippen MR) is 103 cm³/mol. The summed E-state index contributed by atoms with van der Waals surface area (Å²) in [7, 11) is 1.56. The number of methoxy groups -OCH3 is 1. The minimum atomic E-state index is -1.19. The lowest BCUT2D eigenvalue weighted by molar-refractivity contribution is -0.132. The summed E-state index contributed by atoms with van der Waals surface area (Å²) < 4.78 is 10.7. The average Bonchev–Trinajstić information content (AvgIpc) is 2.91. The molecule has 0 aliphatic carbocycles. The molecule has 3 amide bonds. The number of imide groups is 1. The number of para-hydroxylation sites is 1. The van der Waals surface area contributed by atoms with Crippen molar-refractivity contribution in [3.63, 3.8) is 0 Å². The van der Waals surface area contributed by atoms with Crippen molar-refractivity contribution >= 4 is 11.9 Å². The van der Waals surface area contributed by atoms with Gasteiger partial charge >= 0.3 is 6.03 Å². The Bertz CT molecular complexity index is 867. The zero-order valence-electron chi connectivity index (χ0n) is 16.1. The highest BCUT2D eigenvalue weighted by Crippen LogP contribution is 2.30. The van der Waals surface area contributed by atoms with Crippen LogP contribution in [0.25, 0.3) is 0 Å². The summed E-state index contributed by atoms with van der Waals surface area (Å²) in [5.74, 6) is 0.893. The zero-order valence-corrected chi connectivity index (χ0v) is 16.1. The van der Waals surface area contributed by atoms with Crippen molar-refractivity contribution in [1.82, 2.24) is 10.2 Å². The summed E-state index contributed by atoms with van der Waals surface area (Å²) in [4.78, 5) is 26.3. The van der Waals surface area contributed by atoms with Crippen LogP contribution in [0.15, 0.2) is 48.5 Å². The maximum Gasteiger partial charge on any atom is 0.325 e. The number of β-amino-alcohol motifs (C(OH)–C–C–N with tert-alkyl or cyclic N) is 1. The largest absolute Gasteiger partial charge is 0.497 e. The van der Waals surface area contributed by atoms with E-state index >= 15 is 0 Å². The van der Waals surface area contributed by atoms with Crippen LogP contribution in [0.4, 0.5) is 4.79 Å². The first kappa shape index (κ1) is 19.7. The van der Waals surface area contributed by atoms with Gasteiger partial charge in [-0.1, -0.05) is 30.3 Å². The molecule has 1 aliphatic heterocycles.